The number of hydrogen-bond donors (Lipinski definition) is 2. The van der Waals surface area contributed by atoms with Crippen LogP contribution in [0.3, 0.4) is 0 Å². The van der Waals surface area contributed by atoms with Crippen molar-refractivity contribution >= 4 is 17.6 Å². The van der Waals surface area contributed by atoms with Crippen molar-refractivity contribution in [2.24, 2.45) is 0 Å². The van der Waals surface area contributed by atoms with Crippen LogP contribution >= 0.6 is 0 Å². The lowest BCUT2D eigenvalue weighted by Gasteiger charge is -2.23. The summed E-state index contributed by atoms with van der Waals surface area (Å²) in [6.45, 7) is 3.25. The average molecular weight is 268 g/mol. The highest BCUT2D eigenvalue weighted by Crippen LogP contribution is 2.12. The summed E-state index contributed by atoms with van der Waals surface area (Å²) >= 11 is 0. The molecule has 0 bridgehead atoms. The number of anilines is 1. The SMILES string of the molecule is CC(C)N(CC(=O)O)CC(=O)Nc1ccccc1F. The van der Waals surface area contributed by atoms with Gasteiger partial charge >= 0.3 is 5.97 Å². The lowest BCUT2D eigenvalue weighted by molar-refractivity contribution is -0.139. The number of carbonyl (C=O) groups excluding carboxylic acids is 1. The van der Waals surface area contributed by atoms with Gasteiger partial charge in [-0.25, -0.2) is 4.39 Å². The minimum atomic E-state index is -1.01. The second-order valence-electron chi connectivity index (χ2n) is 4.42. The van der Waals surface area contributed by atoms with Gasteiger partial charge in [0.1, 0.15) is 5.82 Å². The van der Waals surface area contributed by atoms with Crippen LogP contribution in [-0.2, 0) is 9.59 Å². The number of carboxylic acid groups (broad SMARTS) is 1. The summed E-state index contributed by atoms with van der Waals surface area (Å²) in [5, 5.41) is 11.2. The number of aliphatic carboxylic acids is 1. The smallest absolute Gasteiger partial charge is 0.317 e. The summed E-state index contributed by atoms with van der Waals surface area (Å²) in [6.07, 6.45) is 0. The molecule has 1 aromatic rings. The van der Waals surface area contributed by atoms with Crippen molar-refractivity contribution in [2.75, 3.05) is 18.4 Å². The zero-order valence-electron chi connectivity index (χ0n) is 10.9. The van der Waals surface area contributed by atoms with Gasteiger partial charge in [-0.05, 0) is 26.0 Å². The lowest BCUT2D eigenvalue weighted by Crippen LogP contribution is -2.41. The van der Waals surface area contributed by atoms with Crippen molar-refractivity contribution in [3.05, 3.63) is 30.1 Å². The maximum atomic E-state index is 13.3. The number of rotatable bonds is 6. The molecule has 0 aliphatic rings. The third-order valence-electron chi connectivity index (χ3n) is 2.56. The van der Waals surface area contributed by atoms with E-state index in [2.05, 4.69) is 5.32 Å². The van der Waals surface area contributed by atoms with Gasteiger partial charge in [0, 0.05) is 6.04 Å². The Morgan fingerprint density at radius 2 is 1.95 bits per heavy atom. The summed E-state index contributed by atoms with van der Waals surface area (Å²) in [6, 6.07) is 5.73. The molecule has 6 heteroatoms. The van der Waals surface area contributed by atoms with Crippen LogP contribution in [-0.4, -0.2) is 41.0 Å². The topological polar surface area (TPSA) is 69.6 Å². The molecule has 0 aromatic heterocycles. The minimum Gasteiger partial charge on any atom is -0.480 e. The average Bonchev–Trinajstić information content (AvgIpc) is 2.30. The standard InChI is InChI=1S/C13H17FN2O3/c1-9(2)16(8-13(18)19)7-12(17)15-11-6-4-3-5-10(11)14/h3-6,9H,7-8H2,1-2H3,(H,15,17)(H,18,19). The Labute approximate surface area is 111 Å². The summed E-state index contributed by atoms with van der Waals surface area (Å²) in [5.41, 5.74) is 0.0894. The Morgan fingerprint density at radius 3 is 2.47 bits per heavy atom. The molecule has 0 fully saturated rings. The molecule has 0 heterocycles. The van der Waals surface area contributed by atoms with Gasteiger partial charge in [-0.2, -0.15) is 0 Å². The molecule has 1 amide bonds. The third kappa shape index (κ3) is 5.05. The number of halogens is 1. The van der Waals surface area contributed by atoms with Gasteiger partial charge < -0.3 is 10.4 Å². The lowest BCUT2D eigenvalue weighted by atomic mass is 10.3. The predicted molar refractivity (Wildman–Crippen MR) is 69.4 cm³/mol. The Hall–Kier alpha value is -1.95. The molecule has 1 aromatic carbocycles. The Bertz CT molecular complexity index is 463. The minimum absolute atomic E-state index is 0.0894. The largest absolute Gasteiger partial charge is 0.480 e. The predicted octanol–water partition coefficient (Wildman–Crippen LogP) is 1.56. The van der Waals surface area contributed by atoms with Crippen LogP contribution in [0.15, 0.2) is 24.3 Å². The first-order valence-corrected chi connectivity index (χ1v) is 5.90. The fourth-order valence-corrected chi connectivity index (χ4v) is 1.53. The molecule has 0 unspecified atom stereocenters. The summed E-state index contributed by atoms with van der Waals surface area (Å²) < 4.78 is 13.3. The van der Waals surface area contributed by atoms with E-state index in [1.165, 1.54) is 23.1 Å². The highest BCUT2D eigenvalue weighted by atomic mass is 19.1. The second-order valence-corrected chi connectivity index (χ2v) is 4.42. The van der Waals surface area contributed by atoms with Gasteiger partial charge in [0.15, 0.2) is 0 Å². The number of carbonyl (C=O) groups is 2. The molecular formula is C13H17FN2O3. The van der Waals surface area contributed by atoms with Crippen LogP contribution in [0.2, 0.25) is 0 Å². The molecule has 104 valence electrons. The molecule has 5 nitrogen and oxygen atoms in total. The molecule has 19 heavy (non-hydrogen) atoms. The van der Waals surface area contributed by atoms with Crippen molar-refractivity contribution in [1.82, 2.24) is 4.90 Å². The maximum Gasteiger partial charge on any atom is 0.317 e. The Kier molecular flexibility index (Phi) is 5.44. The van der Waals surface area contributed by atoms with Crippen molar-refractivity contribution in [3.8, 4) is 0 Å². The van der Waals surface area contributed by atoms with Crippen LogP contribution in [0.25, 0.3) is 0 Å². The molecule has 0 saturated heterocycles. The molecule has 0 saturated carbocycles. The van der Waals surface area contributed by atoms with Crippen molar-refractivity contribution < 1.29 is 19.1 Å². The summed E-state index contributed by atoms with van der Waals surface area (Å²) in [7, 11) is 0. The molecule has 1 rings (SSSR count). The Morgan fingerprint density at radius 1 is 1.32 bits per heavy atom. The van der Waals surface area contributed by atoms with Gasteiger partial charge in [-0.1, -0.05) is 12.1 Å². The summed E-state index contributed by atoms with van der Waals surface area (Å²) in [5.74, 6) is -1.97. The van der Waals surface area contributed by atoms with Gasteiger partial charge in [0.05, 0.1) is 18.8 Å². The summed E-state index contributed by atoms with van der Waals surface area (Å²) in [4.78, 5) is 23.9. The highest BCUT2D eigenvalue weighted by Gasteiger charge is 2.17. The van der Waals surface area contributed by atoms with E-state index in [9.17, 15) is 14.0 Å². The van der Waals surface area contributed by atoms with Crippen LogP contribution in [0.1, 0.15) is 13.8 Å². The second kappa shape index (κ2) is 6.84. The number of nitrogens with zero attached hydrogens (tertiary/aromatic N) is 1. The fourth-order valence-electron chi connectivity index (χ4n) is 1.53. The van der Waals surface area contributed by atoms with E-state index in [0.717, 1.165) is 0 Å². The van der Waals surface area contributed by atoms with Gasteiger partial charge in [0.25, 0.3) is 0 Å². The third-order valence-corrected chi connectivity index (χ3v) is 2.56. The zero-order valence-corrected chi connectivity index (χ0v) is 10.9. The van der Waals surface area contributed by atoms with Gasteiger partial charge in [0.2, 0.25) is 5.91 Å². The highest BCUT2D eigenvalue weighted by molar-refractivity contribution is 5.92. The Balaban J connectivity index is 2.63. The van der Waals surface area contributed by atoms with E-state index in [0.29, 0.717) is 0 Å². The number of carboxylic acids is 1. The zero-order chi connectivity index (χ0) is 14.4. The maximum absolute atomic E-state index is 13.3. The molecule has 0 atom stereocenters. The van der Waals surface area contributed by atoms with E-state index in [-0.39, 0.29) is 24.8 Å². The van der Waals surface area contributed by atoms with Crippen LogP contribution in [0.4, 0.5) is 10.1 Å². The van der Waals surface area contributed by atoms with E-state index < -0.39 is 17.7 Å². The molecule has 0 aliphatic carbocycles. The fraction of sp³-hybridized carbons (Fsp3) is 0.385. The number of para-hydroxylation sites is 1. The molecule has 0 radical (unpaired) electrons. The van der Waals surface area contributed by atoms with Crippen molar-refractivity contribution in [1.29, 1.82) is 0 Å². The van der Waals surface area contributed by atoms with Gasteiger partial charge in [-0.3, -0.25) is 14.5 Å². The number of hydrogen-bond acceptors (Lipinski definition) is 3. The van der Waals surface area contributed by atoms with E-state index in [1.807, 2.05) is 0 Å². The van der Waals surface area contributed by atoms with Crippen LogP contribution < -0.4 is 5.32 Å². The van der Waals surface area contributed by atoms with E-state index >= 15 is 0 Å². The van der Waals surface area contributed by atoms with Crippen molar-refractivity contribution in [3.63, 3.8) is 0 Å². The van der Waals surface area contributed by atoms with Crippen molar-refractivity contribution in [2.45, 2.75) is 19.9 Å². The molecule has 2 N–H and O–H groups in total. The van der Waals surface area contributed by atoms with E-state index in [4.69, 9.17) is 5.11 Å². The number of amides is 1. The molecule has 0 aliphatic heterocycles. The molecular weight excluding hydrogens is 251 g/mol. The first-order chi connectivity index (χ1) is 8.90. The van der Waals surface area contributed by atoms with Crippen LogP contribution in [0.5, 0.6) is 0 Å². The number of benzene rings is 1. The normalized spacial score (nSPS) is 10.8. The van der Waals surface area contributed by atoms with E-state index in [1.54, 1.807) is 19.9 Å². The molecule has 0 spiro atoms. The monoisotopic (exact) mass is 268 g/mol. The first kappa shape index (κ1) is 15.1. The number of nitrogens with one attached hydrogen (secondary N) is 1. The van der Waals surface area contributed by atoms with Gasteiger partial charge in [-0.15, -0.1) is 0 Å². The van der Waals surface area contributed by atoms with Crippen LogP contribution in [0, 0.1) is 5.82 Å². The first-order valence-electron chi connectivity index (χ1n) is 5.90. The quantitative estimate of drug-likeness (QED) is 0.821.